The lowest BCUT2D eigenvalue weighted by atomic mass is 9.88. The first-order valence-electron chi connectivity index (χ1n) is 16.2. The monoisotopic (exact) mass is 633 g/mol. The van der Waals surface area contributed by atoms with Crippen molar-refractivity contribution in [3.63, 3.8) is 0 Å². The normalized spacial score (nSPS) is 13.0. The molecule has 4 nitrogen and oxygen atoms in total. The van der Waals surface area contributed by atoms with Crippen molar-refractivity contribution < 1.29 is 4.42 Å². The Kier molecular flexibility index (Phi) is 6.14. The van der Waals surface area contributed by atoms with Crippen molar-refractivity contribution in [2.24, 2.45) is 0 Å². The third-order valence-corrected chi connectivity index (χ3v) is 10.7. The third kappa shape index (κ3) is 4.39. The molecule has 48 heavy (non-hydrogen) atoms. The van der Waals surface area contributed by atoms with Gasteiger partial charge in [0.05, 0.1) is 0 Å². The average molecular weight is 634 g/mol. The Balaban J connectivity index is 1.10. The van der Waals surface area contributed by atoms with Gasteiger partial charge in [0.15, 0.2) is 17.5 Å². The SMILES string of the molecule is C1=C(c2nc(-c3ccccc3)nc(-c3cccc4c3sc3ccccc34)n2)CCc2cc(-c3cccc4oc5ccccc5c34)ccc21. The van der Waals surface area contributed by atoms with Gasteiger partial charge < -0.3 is 4.42 Å². The van der Waals surface area contributed by atoms with Gasteiger partial charge in [-0.05, 0) is 71.0 Å². The Hall–Kier alpha value is -5.91. The van der Waals surface area contributed by atoms with E-state index in [4.69, 9.17) is 19.4 Å². The molecular weight excluding hydrogens is 607 g/mol. The van der Waals surface area contributed by atoms with E-state index in [-0.39, 0.29) is 0 Å². The summed E-state index contributed by atoms with van der Waals surface area (Å²) in [6.45, 7) is 0. The molecule has 226 valence electrons. The van der Waals surface area contributed by atoms with Gasteiger partial charge in [-0.25, -0.2) is 15.0 Å². The summed E-state index contributed by atoms with van der Waals surface area (Å²) < 4.78 is 8.65. The van der Waals surface area contributed by atoms with E-state index in [1.807, 2.05) is 30.3 Å². The molecule has 0 saturated carbocycles. The molecule has 10 rings (SSSR count). The highest BCUT2D eigenvalue weighted by Gasteiger charge is 2.21. The molecule has 0 fully saturated rings. The first kappa shape index (κ1) is 27.2. The van der Waals surface area contributed by atoms with Gasteiger partial charge in [-0.15, -0.1) is 11.3 Å². The van der Waals surface area contributed by atoms with Gasteiger partial charge in [0.1, 0.15) is 11.2 Å². The second kappa shape index (κ2) is 10.8. The Labute approximate surface area is 280 Å². The van der Waals surface area contributed by atoms with Crippen molar-refractivity contribution in [3.8, 4) is 33.9 Å². The number of rotatable bonds is 4. The largest absolute Gasteiger partial charge is 0.456 e. The molecule has 0 bridgehead atoms. The molecule has 0 aliphatic heterocycles. The molecule has 9 aromatic rings. The third-order valence-electron chi connectivity index (χ3n) is 9.45. The number of furan rings is 1. The Morgan fingerprint density at radius 1 is 0.521 bits per heavy atom. The van der Waals surface area contributed by atoms with Crippen molar-refractivity contribution in [2.45, 2.75) is 12.8 Å². The zero-order valence-corrected chi connectivity index (χ0v) is 26.7. The van der Waals surface area contributed by atoms with E-state index in [0.717, 1.165) is 51.9 Å². The van der Waals surface area contributed by atoms with Crippen LogP contribution in [-0.4, -0.2) is 15.0 Å². The highest BCUT2D eigenvalue weighted by molar-refractivity contribution is 7.26. The molecule has 0 unspecified atom stereocenters. The van der Waals surface area contributed by atoms with Gasteiger partial charge in [-0.2, -0.15) is 0 Å². The maximum absolute atomic E-state index is 6.18. The van der Waals surface area contributed by atoms with Crippen molar-refractivity contribution in [3.05, 3.63) is 150 Å². The molecule has 1 aliphatic rings. The number of benzene rings is 6. The van der Waals surface area contributed by atoms with Crippen LogP contribution in [0.5, 0.6) is 0 Å². The predicted molar refractivity (Wildman–Crippen MR) is 199 cm³/mol. The van der Waals surface area contributed by atoms with Crippen LogP contribution >= 0.6 is 11.3 Å². The molecule has 0 N–H and O–H groups in total. The van der Waals surface area contributed by atoms with Crippen molar-refractivity contribution in [2.75, 3.05) is 0 Å². The number of thiophene rings is 1. The Bertz CT molecular complexity index is 2740. The van der Waals surface area contributed by atoms with E-state index >= 15 is 0 Å². The van der Waals surface area contributed by atoms with Gasteiger partial charge in [0.25, 0.3) is 0 Å². The number of hydrogen-bond donors (Lipinski definition) is 0. The van der Waals surface area contributed by atoms with Crippen molar-refractivity contribution in [1.29, 1.82) is 0 Å². The number of aryl methyl sites for hydroxylation is 1. The van der Waals surface area contributed by atoms with E-state index in [1.165, 1.54) is 47.8 Å². The molecule has 3 heterocycles. The summed E-state index contributed by atoms with van der Waals surface area (Å²) in [6.07, 6.45) is 4.02. The Morgan fingerprint density at radius 2 is 1.25 bits per heavy atom. The van der Waals surface area contributed by atoms with Crippen LogP contribution in [0.3, 0.4) is 0 Å². The summed E-state index contributed by atoms with van der Waals surface area (Å²) in [7, 11) is 0. The van der Waals surface area contributed by atoms with Crippen LogP contribution in [0.1, 0.15) is 23.4 Å². The van der Waals surface area contributed by atoms with Gasteiger partial charge in [0.2, 0.25) is 0 Å². The molecule has 0 amide bonds. The molecule has 6 aromatic carbocycles. The molecular formula is C43H27N3OS. The quantitative estimate of drug-likeness (QED) is 0.193. The summed E-state index contributed by atoms with van der Waals surface area (Å²) >= 11 is 1.80. The van der Waals surface area contributed by atoms with Crippen LogP contribution in [0.2, 0.25) is 0 Å². The fourth-order valence-electron chi connectivity index (χ4n) is 7.13. The predicted octanol–water partition coefficient (Wildman–Crippen LogP) is 11.6. The van der Waals surface area contributed by atoms with Crippen LogP contribution in [-0.2, 0) is 6.42 Å². The first-order chi connectivity index (χ1) is 23.8. The summed E-state index contributed by atoms with van der Waals surface area (Å²) in [6, 6.07) is 46.7. The van der Waals surface area contributed by atoms with Crippen molar-refractivity contribution >= 4 is 65.1 Å². The number of aromatic nitrogens is 3. The fraction of sp³-hybridized carbons (Fsp3) is 0.0465. The standard InChI is InChI=1S/C43H27N3OS/c1-2-10-26(11-3-1)41-44-42(46-43(45-41)35-16-8-15-33-32-12-5-7-19-38(32)48-40(33)35)30-23-21-27-24-29(22-20-28(27)25-30)31-14-9-18-37-39(31)34-13-4-6-17-36(34)47-37/h1-20,22,24-25H,21,23H2. The van der Waals surface area contributed by atoms with Crippen LogP contribution in [0.15, 0.2) is 138 Å². The van der Waals surface area contributed by atoms with Crippen LogP contribution in [0, 0.1) is 0 Å². The van der Waals surface area contributed by atoms with Gasteiger partial charge in [0, 0.05) is 42.1 Å². The lowest BCUT2D eigenvalue weighted by Crippen LogP contribution is -2.06. The topological polar surface area (TPSA) is 51.8 Å². The summed E-state index contributed by atoms with van der Waals surface area (Å²) in [4.78, 5) is 15.3. The van der Waals surface area contributed by atoms with Crippen LogP contribution in [0.25, 0.3) is 87.7 Å². The molecule has 0 spiro atoms. The van der Waals surface area contributed by atoms with Crippen LogP contribution in [0.4, 0.5) is 0 Å². The molecule has 0 atom stereocenters. The zero-order chi connectivity index (χ0) is 31.6. The Morgan fingerprint density at radius 3 is 2.19 bits per heavy atom. The van der Waals surface area contributed by atoms with E-state index < -0.39 is 0 Å². The zero-order valence-electron chi connectivity index (χ0n) is 25.9. The van der Waals surface area contributed by atoms with E-state index in [9.17, 15) is 0 Å². The summed E-state index contributed by atoms with van der Waals surface area (Å²) in [5, 5.41) is 4.81. The molecule has 0 radical (unpaired) electrons. The second-order valence-corrected chi connectivity index (χ2v) is 13.4. The van der Waals surface area contributed by atoms with Crippen molar-refractivity contribution in [1.82, 2.24) is 15.0 Å². The maximum Gasteiger partial charge on any atom is 0.165 e. The van der Waals surface area contributed by atoms with E-state index in [0.29, 0.717) is 11.6 Å². The lowest BCUT2D eigenvalue weighted by molar-refractivity contribution is 0.669. The number of fused-ring (bicyclic) bond motifs is 7. The van der Waals surface area contributed by atoms with Gasteiger partial charge in [-0.1, -0.05) is 109 Å². The highest BCUT2D eigenvalue weighted by atomic mass is 32.1. The number of hydrogen-bond acceptors (Lipinski definition) is 5. The summed E-state index contributed by atoms with van der Waals surface area (Å²) in [5.74, 6) is 2.14. The number of nitrogens with zero attached hydrogens (tertiary/aromatic N) is 3. The lowest BCUT2D eigenvalue weighted by Gasteiger charge is -2.18. The first-order valence-corrected chi connectivity index (χ1v) is 17.1. The van der Waals surface area contributed by atoms with Gasteiger partial charge in [-0.3, -0.25) is 0 Å². The number of para-hydroxylation sites is 1. The summed E-state index contributed by atoms with van der Waals surface area (Å²) in [5.41, 5.74) is 9.91. The highest BCUT2D eigenvalue weighted by Crippen LogP contribution is 2.41. The smallest absolute Gasteiger partial charge is 0.165 e. The average Bonchev–Trinajstić information content (AvgIpc) is 3.73. The molecule has 3 aromatic heterocycles. The van der Waals surface area contributed by atoms with E-state index in [2.05, 4.69) is 109 Å². The van der Waals surface area contributed by atoms with Crippen LogP contribution < -0.4 is 0 Å². The minimum Gasteiger partial charge on any atom is -0.456 e. The van der Waals surface area contributed by atoms with Gasteiger partial charge >= 0.3 is 0 Å². The van der Waals surface area contributed by atoms with E-state index in [1.54, 1.807) is 11.3 Å². The molecule has 5 heteroatoms. The molecule has 1 aliphatic carbocycles. The minimum absolute atomic E-state index is 0.691. The fourth-order valence-corrected chi connectivity index (χ4v) is 8.34. The number of allylic oxidation sites excluding steroid dienone is 1. The maximum atomic E-state index is 6.18. The molecule has 0 saturated heterocycles. The second-order valence-electron chi connectivity index (χ2n) is 12.3. The minimum atomic E-state index is 0.691.